The van der Waals surface area contributed by atoms with Gasteiger partial charge in [-0.3, -0.25) is 4.79 Å². The molecule has 1 amide bonds. The van der Waals surface area contributed by atoms with Crippen LogP contribution in [0.1, 0.15) is 17.3 Å². The summed E-state index contributed by atoms with van der Waals surface area (Å²) in [7, 11) is 1.57. The standard InChI is InChI=1S/C12H15BrFN3O2/c1-7(11(15)16-19)6-17(2)12(18)8-3-4-9(13)10(14)5-8/h3-5,7,19H,6H2,1-2H3,(H2,15,16). The molecular formula is C12H15BrFN3O2. The zero-order valence-electron chi connectivity index (χ0n) is 10.6. The van der Waals surface area contributed by atoms with Crippen molar-refractivity contribution in [3.05, 3.63) is 34.1 Å². The zero-order valence-corrected chi connectivity index (χ0v) is 12.2. The van der Waals surface area contributed by atoms with E-state index >= 15 is 0 Å². The summed E-state index contributed by atoms with van der Waals surface area (Å²) in [4.78, 5) is 13.4. The Morgan fingerprint density at radius 3 is 2.79 bits per heavy atom. The van der Waals surface area contributed by atoms with E-state index in [-0.39, 0.29) is 29.8 Å². The average molecular weight is 332 g/mol. The lowest BCUT2D eigenvalue weighted by molar-refractivity contribution is 0.0785. The van der Waals surface area contributed by atoms with Gasteiger partial charge >= 0.3 is 0 Å². The number of hydrogen-bond acceptors (Lipinski definition) is 3. The lowest BCUT2D eigenvalue weighted by Crippen LogP contribution is -2.36. The maximum Gasteiger partial charge on any atom is 0.253 e. The molecule has 0 spiro atoms. The summed E-state index contributed by atoms with van der Waals surface area (Å²) in [5.41, 5.74) is 5.69. The zero-order chi connectivity index (χ0) is 14.6. The Morgan fingerprint density at radius 2 is 2.26 bits per heavy atom. The van der Waals surface area contributed by atoms with E-state index < -0.39 is 5.82 Å². The fourth-order valence-corrected chi connectivity index (χ4v) is 1.78. The molecule has 0 bridgehead atoms. The maximum atomic E-state index is 13.4. The van der Waals surface area contributed by atoms with Crippen LogP contribution < -0.4 is 5.73 Å². The van der Waals surface area contributed by atoms with E-state index in [1.165, 1.54) is 17.0 Å². The molecule has 1 atom stereocenters. The number of oxime groups is 1. The lowest BCUT2D eigenvalue weighted by atomic mass is 10.1. The molecular weight excluding hydrogens is 317 g/mol. The van der Waals surface area contributed by atoms with Crippen LogP contribution in [0.3, 0.4) is 0 Å². The van der Waals surface area contributed by atoms with E-state index in [4.69, 9.17) is 10.9 Å². The number of amidine groups is 1. The number of hydrogen-bond donors (Lipinski definition) is 2. The molecule has 0 fully saturated rings. The molecule has 0 saturated carbocycles. The predicted octanol–water partition coefficient (Wildman–Crippen LogP) is 2.04. The van der Waals surface area contributed by atoms with Gasteiger partial charge in [-0.1, -0.05) is 12.1 Å². The number of amides is 1. The molecule has 19 heavy (non-hydrogen) atoms. The van der Waals surface area contributed by atoms with Gasteiger partial charge in [0.15, 0.2) is 0 Å². The van der Waals surface area contributed by atoms with Crippen molar-refractivity contribution in [2.75, 3.05) is 13.6 Å². The van der Waals surface area contributed by atoms with E-state index in [0.717, 1.165) is 6.07 Å². The topological polar surface area (TPSA) is 78.9 Å². The van der Waals surface area contributed by atoms with Crippen molar-refractivity contribution in [1.82, 2.24) is 4.90 Å². The van der Waals surface area contributed by atoms with Crippen molar-refractivity contribution in [1.29, 1.82) is 0 Å². The summed E-state index contributed by atoms with van der Waals surface area (Å²) in [5, 5.41) is 11.4. The van der Waals surface area contributed by atoms with Crippen LogP contribution in [0.2, 0.25) is 0 Å². The molecule has 104 valence electrons. The fourth-order valence-electron chi connectivity index (χ4n) is 1.54. The number of nitrogens with two attached hydrogens (primary N) is 1. The quantitative estimate of drug-likeness (QED) is 0.383. The van der Waals surface area contributed by atoms with Gasteiger partial charge in [0, 0.05) is 25.1 Å². The predicted molar refractivity (Wildman–Crippen MR) is 73.6 cm³/mol. The number of halogens is 2. The number of benzene rings is 1. The first-order valence-electron chi connectivity index (χ1n) is 5.54. The molecule has 0 aliphatic carbocycles. The average Bonchev–Trinajstić information content (AvgIpc) is 2.39. The molecule has 0 heterocycles. The molecule has 1 unspecified atom stereocenters. The second kappa shape index (κ2) is 6.51. The van der Waals surface area contributed by atoms with Crippen LogP contribution in [-0.2, 0) is 0 Å². The van der Waals surface area contributed by atoms with Gasteiger partial charge in [0.1, 0.15) is 11.7 Å². The highest BCUT2D eigenvalue weighted by Gasteiger charge is 2.17. The van der Waals surface area contributed by atoms with Crippen LogP contribution >= 0.6 is 15.9 Å². The molecule has 0 radical (unpaired) electrons. The molecule has 5 nitrogen and oxygen atoms in total. The Bertz CT molecular complexity index is 508. The van der Waals surface area contributed by atoms with Gasteiger partial charge in [0.05, 0.1) is 4.47 Å². The summed E-state index contributed by atoms with van der Waals surface area (Å²) >= 11 is 3.02. The smallest absolute Gasteiger partial charge is 0.253 e. The van der Waals surface area contributed by atoms with E-state index in [1.807, 2.05) is 0 Å². The molecule has 0 aliphatic heterocycles. The van der Waals surface area contributed by atoms with E-state index in [9.17, 15) is 9.18 Å². The third-order valence-electron chi connectivity index (χ3n) is 2.68. The van der Waals surface area contributed by atoms with Gasteiger partial charge in [-0.25, -0.2) is 4.39 Å². The van der Waals surface area contributed by atoms with Crippen molar-refractivity contribution in [2.24, 2.45) is 16.8 Å². The largest absolute Gasteiger partial charge is 0.409 e. The first kappa shape index (κ1) is 15.4. The first-order valence-corrected chi connectivity index (χ1v) is 6.34. The van der Waals surface area contributed by atoms with Crippen molar-refractivity contribution < 1.29 is 14.4 Å². The summed E-state index contributed by atoms with van der Waals surface area (Å²) in [6.07, 6.45) is 0. The highest BCUT2D eigenvalue weighted by atomic mass is 79.9. The van der Waals surface area contributed by atoms with E-state index in [2.05, 4.69) is 21.1 Å². The molecule has 0 aromatic heterocycles. The molecule has 1 rings (SSSR count). The second-order valence-electron chi connectivity index (χ2n) is 4.24. The fraction of sp³-hybridized carbons (Fsp3) is 0.333. The molecule has 0 aliphatic rings. The van der Waals surface area contributed by atoms with Crippen molar-refractivity contribution >= 4 is 27.7 Å². The van der Waals surface area contributed by atoms with Gasteiger partial charge in [0.25, 0.3) is 5.91 Å². The minimum atomic E-state index is -0.497. The monoisotopic (exact) mass is 331 g/mol. The summed E-state index contributed by atoms with van der Waals surface area (Å²) in [6, 6.07) is 4.17. The lowest BCUT2D eigenvalue weighted by Gasteiger charge is -2.21. The highest BCUT2D eigenvalue weighted by molar-refractivity contribution is 9.10. The summed E-state index contributed by atoms with van der Waals surface area (Å²) in [5.74, 6) is -1.08. The van der Waals surface area contributed by atoms with Gasteiger partial charge < -0.3 is 15.8 Å². The molecule has 0 saturated heterocycles. The number of nitrogens with zero attached hydrogens (tertiary/aromatic N) is 2. The van der Waals surface area contributed by atoms with E-state index in [0.29, 0.717) is 4.47 Å². The van der Waals surface area contributed by atoms with Crippen molar-refractivity contribution in [3.63, 3.8) is 0 Å². The van der Waals surface area contributed by atoms with Crippen LogP contribution in [0.5, 0.6) is 0 Å². The Balaban J connectivity index is 2.79. The molecule has 7 heteroatoms. The third-order valence-corrected chi connectivity index (χ3v) is 3.32. The van der Waals surface area contributed by atoms with Gasteiger partial charge in [-0.2, -0.15) is 0 Å². The van der Waals surface area contributed by atoms with Gasteiger partial charge in [-0.15, -0.1) is 0 Å². The summed E-state index contributed by atoms with van der Waals surface area (Å²) < 4.78 is 13.7. The van der Waals surface area contributed by atoms with Crippen LogP contribution in [0, 0.1) is 11.7 Å². The van der Waals surface area contributed by atoms with Gasteiger partial charge in [-0.05, 0) is 34.1 Å². The Hall–Kier alpha value is -1.63. The summed E-state index contributed by atoms with van der Waals surface area (Å²) in [6.45, 7) is 1.99. The Kier molecular flexibility index (Phi) is 5.29. The minimum absolute atomic E-state index is 0.0432. The molecule has 1 aromatic rings. The Labute approximate surface area is 119 Å². The third kappa shape index (κ3) is 3.92. The van der Waals surface area contributed by atoms with Crippen molar-refractivity contribution in [2.45, 2.75) is 6.92 Å². The van der Waals surface area contributed by atoms with Crippen LogP contribution in [0.25, 0.3) is 0 Å². The van der Waals surface area contributed by atoms with E-state index in [1.54, 1.807) is 14.0 Å². The maximum absolute atomic E-state index is 13.4. The van der Waals surface area contributed by atoms with Gasteiger partial charge in [0.2, 0.25) is 0 Å². The number of carbonyl (C=O) groups is 1. The van der Waals surface area contributed by atoms with Crippen LogP contribution in [0.4, 0.5) is 4.39 Å². The second-order valence-corrected chi connectivity index (χ2v) is 5.09. The molecule has 3 N–H and O–H groups in total. The first-order chi connectivity index (χ1) is 8.86. The number of carbonyl (C=O) groups excluding carboxylic acids is 1. The normalized spacial score (nSPS) is 13.2. The van der Waals surface area contributed by atoms with Crippen molar-refractivity contribution in [3.8, 4) is 0 Å². The minimum Gasteiger partial charge on any atom is -0.409 e. The van der Waals surface area contributed by atoms with Crippen LogP contribution in [-0.4, -0.2) is 35.4 Å². The van der Waals surface area contributed by atoms with Crippen LogP contribution in [0.15, 0.2) is 27.8 Å². The SMILES string of the molecule is CC(CN(C)C(=O)c1ccc(Br)c(F)c1)C(N)=NO. The molecule has 1 aromatic carbocycles. The Morgan fingerprint density at radius 1 is 1.63 bits per heavy atom. The number of rotatable bonds is 4. The highest BCUT2D eigenvalue weighted by Crippen LogP contribution is 2.17.